The molecule has 1 N–H and O–H groups in total. The van der Waals surface area contributed by atoms with Gasteiger partial charge in [-0.2, -0.15) is 13.2 Å². The standard InChI is InChI=1S/C29H26F3NO5/c1-17-14-33(15-18(2)36-17)16-23-24(34)13-12-22-25(35)27(28(29(30,31)32)38-26(22)23)37-21-10-8-20(9-11-21)19-6-4-3-5-7-19/h3-13,17-18,34H,14-16H2,1-2H3/t17-,18-/m0/s1. The third kappa shape index (κ3) is 5.25. The maximum atomic E-state index is 14.1. The van der Waals surface area contributed by atoms with E-state index >= 15 is 0 Å². The second-order valence-electron chi connectivity index (χ2n) is 9.47. The van der Waals surface area contributed by atoms with Crippen LogP contribution in [0.5, 0.6) is 17.2 Å². The van der Waals surface area contributed by atoms with Crippen molar-refractivity contribution in [2.24, 2.45) is 0 Å². The molecule has 1 aliphatic heterocycles. The summed E-state index contributed by atoms with van der Waals surface area (Å²) in [6.45, 7) is 4.89. The third-order valence-electron chi connectivity index (χ3n) is 6.41. The van der Waals surface area contributed by atoms with Gasteiger partial charge >= 0.3 is 6.18 Å². The summed E-state index contributed by atoms with van der Waals surface area (Å²) in [5.41, 5.74) is 0.574. The number of halogens is 3. The van der Waals surface area contributed by atoms with Gasteiger partial charge in [-0.15, -0.1) is 0 Å². The van der Waals surface area contributed by atoms with Crippen molar-refractivity contribution >= 4 is 11.0 Å². The van der Waals surface area contributed by atoms with Crippen LogP contribution in [0.1, 0.15) is 25.2 Å². The molecule has 3 aromatic carbocycles. The van der Waals surface area contributed by atoms with Crippen LogP contribution in [0.2, 0.25) is 0 Å². The number of nitrogens with zero attached hydrogens (tertiary/aromatic N) is 1. The van der Waals surface area contributed by atoms with Crippen LogP contribution in [-0.4, -0.2) is 35.3 Å². The Hall–Kier alpha value is -3.82. The Labute approximate surface area is 216 Å². The highest BCUT2D eigenvalue weighted by Gasteiger charge is 2.41. The lowest BCUT2D eigenvalue weighted by Gasteiger charge is -2.35. The molecule has 38 heavy (non-hydrogen) atoms. The number of morpholine rings is 1. The van der Waals surface area contributed by atoms with Crippen molar-refractivity contribution in [2.75, 3.05) is 13.1 Å². The number of hydrogen-bond donors (Lipinski definition) is 1. The van der Waals surface area contributed by atoms with Gasteiger partial charge in [0.15, 0.2) is 0 Å². The van der Waals surface area contributed by atoms with Crippen molar-refractivity contribution in [1.82, 2.24) is 4.90 Å². The molecule has 2 atom stereocenters. The van der Waals surface area contributed by atoms with Gasteiger partial charge in [0.2, 0.25) is 11.2 Å². The second-order valence-corrected chi connectivity index (χ2v) is 9.47. The van der Waals surface area contributed by atoms with Gasteiger partial charge < -0.3 is 19.0 Å². The predicted octanol–water partition coefficient (Wildman–Crippen LogP) is 6.59. The quantitative estimate of drug-likeness (QED) is 0.317. The lowest BCUT2D eigenvalue weighted by molar-refractivity contribution is -0.154. The molecule has 198 valence electrons. The molecule has 1 aliphatic rings. The molecule has 2 heterocycles. The number of aromatic hydroxyl groups is 1. The zero-order chi connectivity index (χ0) is 27.0. The van der Waals surface area contributed by atoms with E-state index in [1.165, 1.54) is 24.3 Å². The van der Waals surface area contributed by atoms with Gasteiger partial charge in [-0.25, -0.2) is 0 Å². The Morgan fingerprint density at radius 2 is 1.58 bits per heavy atom. The number of benzene rings is 3. The highest BCUT2D eigenvalue weighted by molar-refractivity contribution is 5.83. The van der Waals surface area contributed by atoms with Crippen molar-refractivity contribution in [1.29, 1.82) is 0 Å². The molecule has 4 aromatic rings. The predicted molar refractivity (Wildman–Crippen MR) is 136 cm³/mol. The second kappa shape index (κ2) is 10.2. The molecule has 1 aromatic heterocycles. The summed E-state index contributed by atoms with van der Waals surface area (Å²) in [7, 11) is 0. The van der Waals surface area contributed by atoms with E-state index in [9.17, 15) is 23.1 Å². The summed E-state index contributed by atoms with van der Waals surface area (Å²) in [5.74, 6) is -2.72. The molecular formula is C29H26F3NO5. The third-order valence-corrected chi connectivity index (χ3v) is 6.41. The largest absolute Gasteiger partial charge is 0.507 e. The van der Waals surface area contributed by atoms with Crippen molar-refractivity contribution in [3.05, 3.63) is 88.3 Å². The lowest BCUT2D eigenvalue weighted by Crippen LogP contribution is -2.44. The topological polar surface area (TPSA) is 72.1 Å². The fraction of sp³-hybridized carbons (Fsp3) is 0.276. The molecule has 0 unspecified atom stereocenters. The monoisotopic (exact) mass is 525 g/mol. The molecule has 0 spiro atoms. The van der Waals surface area contributed by atoms with E-state index in [2.05, 4.69) is 0 Å². The zero-order valence-electron chi connectivity index (χ0n) is 20.8. The maximum Gasteiger partial charge on any atom is 0.453 e. The average molecular weight is 526 g/mol. The van der Waals surface area contributed by atoms with Crippen LogP contribution in [0.4, 0.5) is 13.2 Å². The van der Waals surface area contributed by atoms with Crippen LogP contribution < -0.4 is 10.2 Å². The molecule has 0 aliphatic carbocycles. The van der Waals surface area contributed by atoms with E-state index in [0.717, 1.165) is 11.1 Å². The van der Waals surface area contributed by atoms with Gasteiger partial charge in [0.1, 0.15) is 17.1 Å². The molecular weight excluding hydrogens is 499 g/mol. The van der Waals surface area contributed by atoms with Crippen molar-refractivity contribution in [2.45, 2.75) is 38.8 Å². The Bertz CT molecular complexity index is 1490. The van der Waals surface area contributed by atoms with Crippen molar-refractivity contribution in [3.8, 4) is 28.4 Å². The smallest absolute Gasteiger partial charge is 0.453 e. The van der Waals surface area contributed by atoms with E-state index in [4.69, 9.17) is 13.9 Å². The molecule has 0 bridgehead atoms. The summed E-state index contributed by atoms with van der Waals surface area (Å²) in [4.78, 5) is 15.3. The van der Waals surface area contributed by atoms with Gasteiger partial charge in [0, 0.05) is 19.6 Å². The first kappa shape index (κ1) is 25.8. The molecule has 0 radical (unpaired) electrons. The van der Waals surface area contributed by atoms with Crippen molar-refractivity contribution in [3.63, 3.8) is 0 Å². The summed E-state index contributed by atoms with van der Waals surface area (Å²) >= 11 is 0. The normalized spacial score (nSPS) is 18.6. The van der Waals surface area contributed by atoms with Crippen LogP contribution >= 0.6 is 0 Å². The summed E-state index contributed by atoms with van der Waals surface area (Å²) in [5, 5.41) is 10.4. The summed E-state index contributed by atoms with van der Waals surface area (Å²) in [6.07, 6.45) is -5.21. The lowest BCUT2D eigenvalue weighted by atomic mass is 10.1. The zero-order valence-corrected chi connectivity index (χ0v) is 20.8. The number of phenolic OH excluding ortho intramolecular Hbond substituents is 1. The number of phenols is 1. The Morgan fingerprint density at radius 1 is 0.947 bits per heavy atom. The SMILES string of the molecule is C[C@H]1CN(Cc2c(O)ccc3c(=O)c(Oc4ccc(-c5ccccc5)cc4)c(C(F)(F)F)oc23)C[C@H](C)O1. The van der Waals surface area contributed by atoms with Gasteiger partial charge in [-0.1, -0.05) is 42.5 Å². The number of ether oxygens (including phenoxy) is 2. The highest BCUT2D eigenvalue weighted by atomic mass is 19.4. The first-order chi connectivity index (χ1) is 18.1. The Balaban J connectivity index is 1.55. The number of alkyl halides is 3. The molecule has 6 nitrogen and oxygen atoms in total. The highest BCUT2D eigenvalue weighted by Crippen LogP contribution is 2.40. The van der Waals surface area contributed by atoms with Gasteiger partial charge in [0.05, 0.1) is 23.2 Å². The fourth-order valence-electron chi connectivity index (χ4n) is 4.82. The minimum atomic E-state index is -5.02. The maximum absolute atomic E-state index is 14.1. The van der Waals surface area contributed by atoms with Crippen LogP contribution in [0, 0.1) is 0 Å². The first-order valence-electron chi connectivity index (χ1n) is 12.2. The van der Waals surface area contributed by atoms with E-state index < -0.39 is 23.1 Å². The molecule has 0 amide bonds. The van der Waals surface area contributed by atoms with E-state index in [-0.39, 0.29) is 46.8 Å². The van der Waals surface area contributed by atoms with Crippen LogP contribution in [0.25, 0.3) is 22.1 Å². The minimum absolute atomic E-state index is 0.0529. The number of fused-ring (bicyclic) bond motifs is 1. The summed E-state index contributed by atoms with van der Waals surface area (Å²) < 4.78 is 59.0. The first-order valence-corrected chi connectivity index (χ1v) is 12.2. The minimum Gasteiger partial charge on any atom is -0.507 e. The molecule has 1 fully saturated rings. The summed E-state index contributed by atoms with van der Waals surface area (Å²) in [6, 6.07) is 18.4. The number of rotatable bonds is 5. The van der Waals surface area contributed by atoms with E-state index in [0.29, 0.717) is 13.1 Å². The van der Waals surface area contributed by atoms with Gasteiger partial charge in [-0.3, -0.25) is 9.69 Å². The van der Waals surface area contributed by atoms with Crippen molar-refractivity contribution < 1.29 is 32.2 Å². The molecule has 9 heteroatoms. The van der Waals surface area contributed by atoms with E-state index in [1.807, 2.05) is 49.1 Å². The van der Waals surface area contributed by atoms with Crippen LogP contribution in [0.15, 0.2) is 75.9 Å². The van der Waals surface area contributed by atoms with Crippen LogP contribution in [0.3, 0.4) is 0 Å². The van der Waals surface area contributed by atoms with E-state index in [1.54, 1.807) is 12.1 Å². The number of hydrogen-bond acceptors (Lipinski definition) is 6. The Kier molecular flexibility index (Phi) is 6.90. The Morgan fingerprint density at radius 3 is 2.21 bits per heavy atom. The molecule has 1 saturated heterocycles. The van der Waals surface area contributed by atoms with Gasteiger partial charge in [-0.05, 0) is 49.2 Å². The van der Waals surface area contributed by atoms with Crippen LogP contribution in [-0.2, 0) is 17.5 Å². The fourth-order valence-corrected chi connectivity index (χ4v) is 4.82. The average Bonchev–Trinajstić information content (AvgIpc) is 2.87. The molecule has 5 rings (SSSR count). The van der Waals surface area contributed by atoms with Gasteiger partial charge in [0.25, 0.3) is 5.76 Å². The molecule has 0 saturated carbocycles.